The number of guanidine groups is 1. The second-order valence-electron chi connectivity index (χ2n) is 6.20. The molecule has 9 heteroatoms. The van der Waals surface area contributed by atoms with Crippen LogP contribution in [0.2, 0.25) is 0 Å². The van der Waals surface area contributed by atoms with Gasteiger partial charge in [-0.25, -0.2) is 24.6 Å². The molecule has 27 heavy (non-hydrogen) atoms. The number of anilines is 1. The van der Waals surface area contributed by atoms with E-state index in [2.05, 4.69) is 42.6 Å². The topological polar surface area (TPSA) is 102 Å². The molecule has 0 fully saturated rings. The summed E-state index contributed by atoms with van der Waals surface area (Å²) in [6.07, 6.45) is 5.88. The maximum Gasteiger partial charge on any atom is 0.224 e. The predicted molar refractivity (Wildman–Crippen MR) is 105 cm³/mol. The van der Waals surface area contributed by atoms with Gasteiger partial charge >= 0.3 is 0 Å². The van der Waals surface area contributed by atoms with Crippen molar-refractivity contribution in [3.63, 3.8) is 0 Å². The lowest BCUT2D eigenvalue weighted by molar-refractivity contribution is 0.412. The van der Waals surface area contributed by atoms with Gasteiger partial charge in [0.2, 0.25) is 5.96 Å². The monoisotopic (exact) mass is 364 g/mol. The van der Waals surface area contributed by atoms with Crippen molar-refractivity contribution in [2.45, 2.75) is 19.4 Å². The van der Waals surface area contributed by atoms with Gasteiger partial charge in [-0.2, -0.15) is 0 Å². The van der Waals surface area contributed by atoms with Crippen LogP contribution in [0.1, 0.15) is 13.3 Å². The summed E-state index contributed by atoms with van der Waals surface area (Å²) in [4.78, 5) is 17.3. The number of nitrogens with one attached hydrogen (secondary N) is 2. The molecule has 1 unspecified atom stereocenters. The molecule has 0 saturated heterocycles. The Morgan fingerprint density at radius 2 is 2.19 bits per heavy atom. The fourth-order valence-corrected chi connectivity index (χ4v) is 2.93. The number of nitrogens with zero attached hydrogens (tertiary/aromatic N) is 6. The third-order valence-corrected chi connectivity index (χ3v) is 4.23. The number of benzene rings is 1. The molecule has 0 spiro atoms. The maximum atomic E-state index is 5.50. The van der Waals surface area contributed by atoms with Gasteiger partial charge in [0, 0.05) is 31.5 Å². The quantitative estimate of drug-likeness (QED) is 0.737. The Morgan fingerprint density at radius 3 is 2.96 bits per heavy atom. The van der Waals surface area contributed by atoms with Crippen molar-refractivity contribution in [1.82, 2.24) is 25.1 Å². The van der Waals surface area contributed by atoms with Crippen LogP contribution in [0.25, 0.3) is 16.7 Å². The van der Waals surface area contributed by atoms with Crippen LogP contribution in [0.4, 0.5) is 5.69 Å². The number of aliphatic imine (C=N–C) groups is 2. The van der Waals surface area contributed by atoms with E-state index >= 15 is 0 Å². The van der Waals surface area contributed by atoms with Crippen LogP contribution in [0.5, 0.6) is 5.75 Å². The summed E-state index contributed by atoms with van der Waals surface area (Å²) in [5.74, 6) is 2.18. The highest BCUT2D eigenvalue weighted by atomic mass is 16.5. The van der Waals surface area contributed by atoms with Gasteiger partial charge in [0.05, 0.1) is 18.5 Å². The lowest BCUT2D eigenvalue weighted by Gasteiger charge is -2.18. The molecule has 0 amide bonds. The van der Waals surface area contributed by atoms with Crippen molar-refractivity contribution in [3.8, 4) is 11.4 Å². The molecule has 1 aliphatic rings. The van der Waals surface area contributed by atoms with Crippen LogP contribution >= 0.6 is 0 Å². The van der Waals surface area contributed by atoms with Gasteiger partial charge < -0.3 is 15.4 Å². The van der Waals surface area contributed by atoms with E-state index in [1.807, 2.05) is 31.4 Å². The smallest absolute Gasteiger partial charge is 0.224 e. The molecule has 138 valence electrons. The summed E-state index contributed by atoms with van der Waals surface area (Å²) < 4.78 is 7.23. The molecule has 3 heterocycles. The standard InChI is InChI=1S/C18H20N8O/c1-11-6-16(19-2)24-18(22-11)23-13-4-5-15(27-3)14(7-13)26-9-12-8-20-10-21-17(12)25-26/h4-5,7-11H,6H2,1-3H3,(H2,19,22,23,24). The molecule has 0 saturated carbocycles. The van der Waals surface area contributed by atoms with Crippen LogP contribution in [-0.4, -0.2) is 51.7 Å². The summed E-state index contributed by atoms with van der Waals surface area (Å²) in [6.45, 7) is 2.06. The molecule has 9 nitrogen and oxygen atoms in total. The van der Waals surface area contributed by atoms with Gasteiger partial charge in [-0.3, -0.25) is 0 Å². The first-order chi connectivity index (χ1) is 13.2. The van der Waals surface area contributed by atoms with Gasteiger partial charge in [-0.05, 0) is 25.1 Å². The van der Waals surface area contributed by atoms with Gasteiger partial charge in [0.15, 0.2) is 5.65 Å². The molecule has 4 rings (SSSR count). The molecule has 2 aromatic heterocycles. The van der Waals surface area contributed by atoms with Crippen molar-refractivity contribution >= 4 is 28.5 Å². The Hall–Kier alpha value is -3.49. The van der Waals surface area contributed by atoms with E-state index in [9.17, 15) is 0 Å². The van der Waals surface area contributed by atoms with Crippen LogP contribution in [0.3, 0.4) is 0 Å². The number of ether oxygens (including phenoxy) is 1. The first kappa shape index (κ1) is 17.0. The van der Waals surface area contributed by atoms with E-state index in [-0.39, 0.29) is 6.04 Å². The molecule has 1 aliphatic heterocycles. The highest BCUT2D eigenvalue weighted by Crippen LogP contribution is 2.27. The van der Waals surface area contributed by atoms with E-state index in [4.69, 9.17) is 4.74 Å². The van der Waals surface area contributed by atoms with Gasteiger partial charge in [0.1, 0.15) is 23.6 Å². The van der Waals surface area contributed by atoms with Crippen LogP contribution in [0.15, 0.2) is 46.9 Å². The van der Waals surface area contributed by atoms with Gasteiger partial charge in [-0.1, -0.05) is 0 Å². The van der Waals surface area contributed by atoms with Gasteiger partial charge in [0.25, 0.3) is 0 Å². The van der Waals surface area contributed by atoms with Crippen LogP contribution < -0.4 is 15.4 Å². The Morgan fingerprint density at radius 1 is 1.30 bits per heavy atom. The molecule has 1 aromatic carbocycles. The fourth-order valence-electron chi connectivity index (χ4n) is 2.93. The molecular weight excluding hydrogens is 344 g/mol. The summed E-state index contributed by atoms with van der Waals surface area (Å²) in [7, 11) is 3.50. The minimum atomic E-state index is 0.167. The average Bonchev–Trinajstić information content (AvgIpc) is 3.11. The lowest BCUT2D eigenvalue weighted by Crippen LogP contribution is -2.30. The van der Waals surface area contributed by atoms with Crippen molar-refractivity contribution < 1.29 is 4.74 Å². The number of fused-ring (bicyclic) bond motifs is 1. The number of rotatable bonds is 3. The molecule has 3 aromatic rings. The van der Waals surface area contributed by atoms with Crippen molar-refractivity contribution in [1.29, 1.82) is 0 Å². The molecule has 2 N–H and O–H groups in total. The summed E-state index contributed by atoms with van der Waals surface area (Å²) >= 11 is 0. The minimum Gasteiger partial charge on any atom is -0.494 e. The molecule has 0 bridgehead atoms. The average molecular weight is 364 g/mol. The Kier molecular flexibility index (Phi) is 4.41. The molecule has 0 radical (unpaired) electrons. The van der Waals surface area contributed by atoms with Crippen molar-refractivity contribution in [2.75, 3.05) is 19.5 Å². The zero-order valence-electron chi connectivity index (χ0n) is 15.3. The Bertz CT molecular complexity index is 1010. The number of aromatic nitrogens is 4. The Labute approximate surface area is 156 Å². The first-order valence-electron chi connectivity index (χ1n) is 8.60. The maximum absolute atomic E-state index is 5.50. The minimum absolute atomic E-state index is 0.167. The summed E-state index contributed by atoms with van der Waals surface area (Å²) in [5.41, 5.74) is 2.24. The zero-order chi connectivity index (χ0) is 18.8. The second-order valence-corrected chi connectivity index (χ2v) is 6.20. The number of hydrogen-bond donors (Lipinski definition) is 2. The summed E-state index contributed by atoms with van der Waals surface area (Å²) in [6, 6.07) is 5.90. The normalized spacial score (nSPS) is 16.6. The van der Waals surface area contributed by atoms with Crippen molar-refractivity contribution in [2.24, 2.45) is 9.98 Å². The van der Waals surface area contributed by atoms with E-state index < -0.39 is 0 Å². The van der Waals surface area contributed by atoms with E-state index in [0.717, 1.165) is 29.0 Å². The van der Waals surface area contributed by atoms with E-state index in [1.54, 1.807) is 18.0 Å². The highest BCUT2D eigenvalue weighted by Gasteiger charge is 2.15. The van der Waals surface area contributed by atoms with E-state index in [1.165, 1.54) is 6.33 Å². The predicted octanol–water partition coefficient (Wildman–Crippen LogP) is 2.00. The lowest BCUT2D eigenvalue weighted by atomic mass is 10.2. The van der Waals surface area contributed by atoms with Crippen LogP contribution in [0, 0.1) is 0 Å². The van der Waals surface area contributed by atoms with Crippen LogP contribution in [-0.2, 0) is 0 Å². The summed E-state index contributed by atoms with van der Waals surface area (Å²) in [5, 5.41) is 11.7. The molecule has 1 atom stereocenters. The SMILES string of the molecule is CNC1=NC(Nc2ccc(OC)c(-n3cc4cncnc4n3)c2)=NC(C)C1. The number of amidine groups is 1. The fraction of sp³-hybridized carbons (Fsp3) is 0.278. The molecular formula is C18H20N8O. The molecule has 0 aliphatic carbocycles. The third-order valence-electron chi connectivity index (χ3n) is 4.23. The zero-order valence-corrected chi connectivity index (χ0v) is 15.3. The van der Waals surface area contributed by atoms with Gasteiger partial charge in [-0.15, -0.1) is 5.10 Å². The first-order valence-corrected chi connectivity index (χ1v) is 8.60. The van der Waals surface area contributed by atoms with Crippen molar-refractivity contribution in [3.05, 3.63) is 36.9 Å². The number of hydrogen-bond acceptors (Lipinski definition) is 8. The Balaban J connectivity index is 1.70. The highest BCUT2D eigenvalue weighted by molar-refractivity contribution is 6.04. The van der Waals surface area contributed by atoms with E-state index in [0.29, 0.717) is 17.4 Å². The second kappa shape index (κ2) is 7.02. The third kappa shape index (κ3) is 3.43. The number of methoxy groups -OCH3 is 1. The largest absolute Gasteiger partial charge is 0.494 e.